The minimum absolute atomic E-state index is 0.141. The molecule has 104 valence electrons. The Balaban J connectivity index is 2.03. The lowest BCUT2D eigenvalue weighted by molar-refractivity contribution is 0.299. The molecule has 2 aromatic carbocycles. The van der Waals surface area contributed by atoms with Crippen LogP contribution in [0.15, 0.2) is 42.5 Å². The maximum atomic E-state index is 13.7. The van der Waals surface area contributed by atoms with Crippen LogP contribution in [0.25, 0.3) is 0 Å². The molecule has 0 bridgehead atoms. The van der Waals surface area contributed by atoms with Gasteiger partial charge < -0.3 is 15.2 Å². The first kappa shape index (κ1) is 14.3. The first-order chi connectivity index (χ1) is 9.60. The highest BCUT2D eigenvalue weighted by molar-refractivity contribution is 7.80. The second-order valence-corrected chi connectivity index (χ2v) is 4.57. The molecule has 0 aromatic heterocycles. The van der Waals surface area contributed by atoms with E-state index in [0.717, 1.165) is 5.56 Å². The van der Waals surface area contributed by atoms with Gasteiger partial charge in [-0.15, -0.1) is 0 Å². The van der Waals surface area contributed by atoms with Crippen LogP contribution in [0.4, 0.5) is 4.39 Å². The van der Waals surface area contributed by atoms with Gasteiger partial charge in [0.15, 0.2) is 0 Å². The number of rotatable bonds is 5. The zero-order valence-corrected chi connectivity index (χ0v) is 11.7. The molecule has 5 heteroatoms. The predicted octanol–water partition coefficient (Wildman–Crippen LogP) is 3.05. The fourth-order valence-electron chi connectivity index (χ4n) is 1.65. The minimum atomic E-state index is -0.357. The molecule has 0 unspecified atom stereocenters. The zero-order chi connectivity index (χ0) is 14.5. The lowest BCUT2D eigenvalue weighted by Gasteiger charge is -2.09. The van der Waals surface area contributed by atoms with Gasteiger partial charge in [-0.1, -0.05) is 12.2 Å². The topological polar surface area (TPSA) is 44.5 Å². The van der Waals surface area contributed by atoms with Crippen molar-refractivity contribution in [3.63, 3.8) is 0 Å². The molecule has 0 saturated heterocycles. The van der Waals surface area contributed by atoms with Crippen molar-refractivity contribution < 1.29 is 13.9 Å². The van der Waals surface area contributed by atoms with Crippen molar-refractivity contribution >= 4 is 17.2 Å². The summed E-state index contributed by atoms with van der Waals surface area (Å²) in [5.74, 6) is 0.747. The monoisotopic (exact) mass is 291 g/mol. The van der Waals surface area contributed by atoms with E-state index in [2.05, 4.69) is 0 Å². The smallest absolute Gasteiger partial charge is 0.133 e. The molecule has 0 atom stereocenters. The van der Waals surface area contributed by atoms with Crippen LogP contribution < -0.4 is 15.2 Å². The molecule has 20 heavy (non-hydrogen) atoms. The molecule has 2 rings (SSSR count). The van der Waals surface area contributed by atoms with Gasteiger partial charge in [-0.2, -0.15) is 0 Å². The van der Waals surface area contributed by atoms with Crippen LogP contribution in [0.1, 0.15) is 11.1 Å². The molecule has 0 aliphatic rings. The van der Waals surface area contributed by atoms with Crippen molar-refractivity contribution in [1.82, 2.24) is 0 Å². The Labute approximate surface area is 122 Å². The van der Waals surface area contributed by atoms with E-state index < -0.39 is 0 Å². The first-order valence-corrected chi connectivity index (χ1v) is 6.36. The van der Waals surface area contributed by atoms with Gasteiger partial charge in [0.2, 0.25) is 0 Å². The van der Waals surface area contributed by atoms with Gasteiger partial charge in [-0.3, -0.25) is 0 Å². The van der Waals surface area contributed by atoms with Crippen LogP contribution in [-0.4, -0.2) is 12.1 Å². The van der Waals surface area contributed by atoms with Gasteiger partial charge in [0.25, 0.3) is 0 Å². The summed E-state index contributed by atoms with van der Waals surface area (Å²) in [6.07, 6.45) is 0. The second-order valence-electron chi connectivity index (χ2n) is 4.13. The van der Waals surface area contributed by atoms with Gasteiger partial charge in [0.05, 0.1) is 7.11 Å². The fraction of sp³-hybridized carbons (Fsp3) is 0.133. The first-order valence-electron chi connectivity index (χ1n) is 5.95. The maximum absolute atomic E-state index is 13.7. The van der Waals surface area contributed by atoms with Crippen LogP contribution in [0.5, 0.6) is 11.5 Å². The Morgan fingerprint density at radius 3 is 2.35 bits per heavy atom. The summed E-state index contributed by atoms with van der Waals surface area (Å²) in [5, 5.41) is 0. The lowest BCUT2D eigenvalue weighted by atomic mass is 10.2. The summed E-state index contributed by atoms with van der Waals surface area (Å²) in [6.45, 7) is 0.141. The Kier molecular flexibility index (Phi) is 4.53. The lowest BCUT2D eigenvalue weighted by Crippen LogP contribution is -2.08. The van der Waals surface area contributed by atoms with E-state index in [-0.39, 0.29) is 12.4 Å². The van der Waals surface area contributed by atoms with Gasteiger partial charge in [0.1, 0.15) is 28.9 Å². The molecule has 0 saturated carbocycles. The summed E-state index contributed by atoms with van der Waals surface area (Å²) >= 11 is 4.86. The summed E-state index contributed by atoms with van der Waals surface area (Å²) in [4.78, 5) is 0.331. The highest BCUT2D eigenvalue weighted by Gasteiger charge is 2.05. The zero-order valence-electron chi connectivity index (χ0n) is 10.9. The Bertz CT molecular complexity index is 614. The Hall–Kier alpha value is -2.14. The molecule has 0 spiro atoms. The molecule has 0 heterocycles. The largest absolute Gasteiger partial charge is 0.497 e. The number of nitrogens with two attached hydrogens (primary N) is 1. The molecular weight excluding hydrogens is 277 g/mol. The number of halogens is 1. The van der Waals surface area contributed by atoms with Crippen molar-refractivity contribution in [3.05, 3.63) is 59.4 Å². The van der Waals surface area contributed by atoms with E-state index >= 15 is 0 Å². The van der Waals surface area contributed by atoms with E-state index in [4.69, 9.17) is 27.4 Å². The molecule has 0 fully saturated rings. The van der Waals surface area contributed by atoms with Crippen molar-refractivity contribution in [2.24, 2.45) is 5.73 Å². The summed E-state index contributed by atoms with van der Waals surface area (Å²) < 4.78 is 24.2. The number of hydrogen-bond donors (Lipinski definition) is 1. The van der Waals surface area contributed by atoms with Crippen LogP contribution >= 0.6 is 12.2 Å². The molecule has 0 amide bonds. The third-order valence-corrected chi connectivity index (χ3v) is 3.03. The number of thiocarbonyl (C=S) groups is 1. The van der Waals surface area contributed by atoms with Crippen molar-refractivity contribution in [2.45, 2.75) is 6.61 Å². The van der Waals surface area contributed by atoms with Crippen LogP contribution in [-0.2, 0) is 6.61 Å². The van der Waals surface area contributed by atoms with Crippen LogP contribution in [0.3, 0.4) is 0 Å². The second kappa shape index (κ2) is 6.34. The quantitative estimate of drug-likeness (QED) is 0.860. The van der Waals surface area contributed by atoms with Gasteiger partial charge in [0, 0.05) is 17.2 Å². The average Bonchev–Trinajstić information content (AvgIpc) is 2.46. The van der Waals surface area contributed by atoms with Crippen LogP contribution in [0, 0.1) is 5.82 Å². The van der Waals surface area contributed by atoms with Gasteiger partial charge >= 0.3 is 0 Å². The standard InChI is InChI=1S/C15H14FNO2S/c1-18-13-7-4-11(14(16)8-13)9-19-12-5-2-10(3-6-12)15(17)20/h2-8H,9H2,1H3,(H2,17,20). The maximum Gasteiger partial charge on any atom is 0.133 e. The number of ether oxygens (including phenoxy) is 2. The van der Waals surface area contributed by atoms with Crippen LogP contribution in [0.2, 0.25) is 0 Å². The van der Waals surface area contributed by atoms with Crippen molar-refractivity contribution in [2.75, 3.05) is 7.11 Å². The number of benzene rings is 2. The molecule has 0 radical (unpaired) electrons. The molecule has 3 nitrogen and oxygen atoms in total. The van der Waals surface area contributed by atoms with Crippen molar-refractivity contribution in [3.8, 4) is 11.5 Å². The number of methoxy groups -OCH3 is 1. The summed E-state index contributed by atoms with van der Waals surface area (Å²) in [5.41, 5.74) is 6.73. The minimum Gasteiger partial charge on any atom is -0.497 e. The van der Waals surface area contributed by atoms with Crippen molar-refractivity contribution in [1.29, 1.82) is 0 Å². The molecule has 0 aliphatic carbocycles. The van der Waals surface area contributed by atoms with Gasteiger partial charge in [-0.25, -0.2) is 4.39 Å². The Morgan fingerprint density at radius 1 is 1.15 bits per heavy atom. The highest BCUT2D eigenvalue weighted by Crippen LogP contribution is 2.19. The third kappa shape index (κ3) is 3.45. The Morgan fingerprint density at radius 2 is 1.80 bits per heavy atom. The fourth-order valence-corrected chi connectivity index (χ4v) is 1.78. The van der Waals surface area contributed by atoms with E-state index in [1.165, 1.54) is 13.2 Å². The normalized spacial score (nSPS) is 10.1. The summed E-state index contributed by atoms with van der Waals surface area (Å²) in [6, 6.07) is 11.7. The molecule has 2 N–H and O–H groups in total. The third-order valence-electron chi connectivity index (χ3n) is 2.79. The number of hydrogen-bond acceptors (Lipinski definition) is 3. The highest BCUT2D eigenvalue weighted by atomic mass is 32.1. The average molecular weight is 291 g/mol. The van der Waals surface area contributed by atoms with Gasteiger partial charge in [-0.05, 0) is 36.4 Å². The summed E-state index contributed by atoms with van der Waals surface area (Å²) in [7, 11) is 1.49. The molecular formula is C15H14FNO2S. The molecule has 0 aliphatic heterocycles. The predicted molar refractivity (Wildman–Crippen MR) is 79.6 cm³/mol. The van der Waals surface area contributed by atoms with E-state index in [1.807, 2.05) is 0 Å². The van der Waals surface area contributed by atoms with E-state index in [0.29, 0.717) is 22.1 Å². The SMILES string of the molecule is COc1ccc(COc2ccc(C(N)=S)cc2)c(F)c1. The molecule has 2 aromatic rings. The van der Waals surface area contributed by atoms with E-state index in [1.54, 1.807) is 36.4 Å². The van der Waals surface area contributed by atoms with E-state index in [9.17, 15) is 4.39 Å².